The second-order valence-corrected chi connectivity index (χ2v) is 7.22. The highest BCUT2D eigenvalue weighted by Gasteiger charge is 2.20. The van der Waals surface area contributed by atoms with Gasteiger partial charge in [-0.2, -0.15) is 0 Å². The Bertz CT molecular complexity index is 344. The van der Waals surface area contributed by atoms with Crippen LogP contribution in [-0.4, -0.2) is 49.4 Å². The SMILES string of the molecule is CC(C)(C)C(=O)NCCCC(=O)NCCCN1CCCCC1. The summed E-state index contributed by atoms with van der Waals surface area (Å²) < 4.78 is 0. The second kappa shape index (κ2) is 9.82. The van der Waals surface area contributed by atoms with E-state index in [4.69, 9.17) is 0 Å². The minimum absolute atomic E-state index is 0.0365. The summed E-state index contributed by atoms with van der Waals surface area (Å²) in [6, 6.07) is 0. The summed E-state index contributed by atoms with van der Waals surface area (Å²) >= 11 is 0. The van der Waals surface area contributed by atoms with E-state index >= 15 is 0 Å². The van der Waals surface area contributed by atoms with Crippen LogP contribution in [0.2, 0.25) is 0 Å². The van der Waals surface area contributed by atoms with Crippen LogP contribution in [0.5, 0.6) is 0 Å². The number of hydrogen-bond donors (Lipinski definition) is 2. The first-order valence-corrected chi connectivity index (χ1v) is 8.67. The Labute approximate surface area is 135 Å². The lowest BCUT2D eigenvalue weighted by Crippen LogP contribution is -2.36. The molecule has 1 rings (SSSR count). The predicted molar refractivity (Wildman–Crippen MR) is 89.6 cm³/mol. The predicted octanol–water partition coefficient (Wildman–Crippen LogP) is 1.92. The van der Waals surface area contributed by atoms with Gasteiger partial charge in [-0.3, -0.25) is 9.59 Å². The first-order chi connectivity index (χ1) is 10.4. The molecule has 2 N–H and O–H groups in total. The lowest BCUT2D eigenvalue weighted by Gasteiger charge is -2.26. The Morgan fingerprint density at radius 3 is 2.23 bits per heavy atom. The van der Waals surface area contributed by atoms with Crippen molar-refractivity contribution >= 4 is 11.8 Å². The van der Waals surface area contributed by atoms with Crippen molar-refractivity contribution in [1.29, 1.82) is 0 Å². The van der Waals surface area contributed by atoms with Crippen molar-refractivity contribution in [3.8, 4) is 0 Å². The first-order valence-electron chi connectivity index (χ1n) is 8.67. The molecule has 1 fully saturated rings. The van der Waals surface area contributed by atoms with Crippen LogP contribution in [0, 0.1) is 5.41 Å². The van der Waals surface area contributed by atoms with Crippen molar-refractivity contribution in [3.63, 3.8) is 0 Å². The Morgan fingerprint density at radius 2 is 1.59 bits per heavy atom. The Morgan fingerprint density at radius 1 is 0.955 bits per heavy atom. The summed E-state index contributed by atoms with van der Waals surface area (Å²) in [5, 5.41) is 5.82. The largest absolute Gasteiger partial charge is 0.356 e. The molecule has 0 unspecified atom stereocenters. The van der Waals surface area contributed by atoms with Gasteiger partial charge in [0.25, 0.3) is 0 Å². The number of amides is 2. The number of likely N-dealkylation sites (tertiary alicyclic amines) is 1. The van der Waals surface area contributed by atoms with E-state index < -0.39 is 0 Å². The van der Waals surface area contributed by atoms with Crippen molar-refractivity contribution in [2.24, 2.45) is 5.41 Å². The Kier molecular flexibility index (Phi) is 8.46. The molecule has 0 aliphatic carbocycles. The number of carbonyl (C=O) groups excluding carboxylic acids is 2. The molecule has 128 valence electrons. The second-order valence-electron chi connectivity index (χ2n) is 7.22. The van der Waals surface area contributed by atoms with Gasteiger partial charge >= 0.3 is 0 Å². The molecule has 5 heteroatoms. The summed E-state index contributed by atoms with van der Waals surface area (Å²) in [4.78, 5) is 25.8. The van der Waals surface area contributed by atoms with Gasteiger partial charge in [0, 0.05) is 24.9 Å². The van der Waals surface area contributed by atoms with Crippen LogP contribution < -0.4 is 10.6 Å². The molecule has 0 aromatic carbocycles. The summed E-state index contributed by atoms with van der Waals surface area (Å²) in [5.41, 5.74) is -0.364. The van der Waals surface area contributed by atoms with Crippen LogP contribution in [0.15, 0.2) is 0 Å². The lowest BCUT2D eigenvalue weighted by molar-refractivity contribution is -0.128. The third-order valence-electron chi connectivity index (χ3n) is 3.97. The van der Waals surface area contributed by atoms with E-state index in [1.807, 2.05) is 20.8 Å². The van der Waals surface area contributed by atoms with Gasteiger partial charge in [-0.15, -0.1) is 0 Å². The van der Waals surface area contributed by atoms with Crippen LogP contribution in [0.3, 0.4) is 0 Å². The molecule has 1 aliphatic heterocycles. The fourth-order valence-corrected chi connectivity index (χ4v) is 2.52. The molecule has 0 atom stereocenters. The van der Waals surface area contributed by atoms with Crippen molar-refractivity contribution in [2.45, 2.75) is 59.3 Å². The zero-order valence-electron chi connectivity index (χ0n) is 14.5. The normalized spacial score (nSPS) is 16.3. The van der Waals surface area contributed by atoms with Crippen LogP contribution in [-0.2, 0) is 9.59 Å². The van der Waals surface area contributed by atoms with Gasteiger partial charge in [0.05, 0.1) is 0 Å². The smallest absolute Gasteiger partial charge is 0.225 e. The number of piperidine rings is 1. The monoisotopic (exact) mass is 311 g/mol. The highest BCUT2D eigenvalue weighted by atomic mass is 16.2. The van der Waals surface area contributed by atoms with E-state index in [0.717, 1.165) is 19.5 Å². The molecule has 0 saturated carbocycles. The van der Waals surface area contributed by atoms with Crippen molar-refractivity contribution in [2.75, 3.05) is 32.7 Å². The number of nitrogens with zero attached hydrogens (tertiary/aromatic N) is 1. The number of hydrogen-bond acceptors (Lipinski definition) is 3. The average molecular weight is 311 g/mol. The number of nitrogens with one attached hydrogen (secondary N) is 2. The van der Waals surface area contributed by atoms with Gasteiger partial charge in [-0.05, 0) is 45.3 Å². The first kappa shape index (κ1) is 18.9. The van der Waals surface area contributed by atoms with Crippen molar-refractivity contribution < 1.29 is 9.59 Å². The molecular weight excluding hydrogens is 278 g/mol. The molecule has 0 bridgehead atoms. The van der Waals surface area contributed by atoms with Gasteiger partial charge in [0.15, 0.2) is 0 Å². The van der Waals surface area contributed by atoms with E-state index in [9.17, 15) is 9.59 Å². The molecule has 1 aliphatic rings. The third kappa shape index (κ3) is 8.37. The molecule has 22 heavy (non-hydrogen) atoms. The van der Waals surface area contributed by atoms with Gasteiger partial charge < -0.3 is 15.5 Å². The maximum Gasteiger partial charge on any atom is 0.225 e. The van der Waals surface area contributed by atoms with E-state index in [1.165, 1.54) is 32.4 Å². The molecule has 2 amide bonds. The average Bonchev–Trinajstić information content (AvgIpc) is 2.48. The fourth-order valence-electron chi connectivity index (χ4n) is 2.52. The number of rotatable bonds is 8. The van der Waals surface area contributed by atoms with E-state index in [0.29, 0.717) is 19.4 Å². The van der Waals surface area contributed by atoms with Gasteiger partial charge in [-0.1, -0.05) is 27.2 Å². The fraction of sp³-hybridized carbons (Fsp3) is 0.882. The van der Waals surface area contributed by atoms with Crippen molar-refractivity contribution in [3.05, 3.63) is 0 Å². The highest BCUT2D eigenvalue weighted by molar-refractivity contribution is 5.81. The highest BCUT2D eigenvalue weighted by Crippen LogP contribution is 2.12. The minimum Gasteiger partial charge on any atom is -0.356 e. The van der Waals surface area contributed by atoms with Crippen LogP contribution in [0.4, 0.5) is 0 Å². The zero-order valence-corrected chi connectivity index (χ0v) is 14.5. The topological polar surface area (TPSA) is 61.4 Å². The van der Waals surface area contributed by atoms with E-state index in [1.54, 1.807) is 0 Å². The standard InChI is InChI=1S/C17H33N3O2/c1-17(2,3)16(22)19-10-7-9-15(21)18-11-8-14-20-12-5-4-6-13-20/h4-14H2,1-3H3,(H,18,21)(H,19,22). The third-order valence-corrected chi connectivity index (χ3v) is 3.97. The number of carbonyl (C=O) groups is 2. The Hall–Kier alpha value is -1.10. The molecule has 1 saturated heterocycles. The summed E-state index contributed by atoms with van der Waals surface area (Å²) in [6.45, 7) is 10.5. The summed E-state index contributed by atoms with van der Waals surface area (Å²) in [7, 11) is 0. The van der Waals surface area contributed by atoms with Gasteiger partial charge in [-0.25, -0.2) is 0 Å². The zero-order chi connectivity index (χ0) is 16.4. The quantitative estimate of drug-likeness (QED) is 0.673. The molecule has 0 aromatic heterocycles. The van der Waals surface area contributed by atoms with Crippen LogP contribution in [0.1, 0.15) is 59.3 Å². The van der Waals surface area contributed by atoms with Gasteiger partial charge in [0.1, 0.15) is 0 Å². The Balaban J connectivity index is 1.96. The maximum atomic E-state index is 11.7. The molecule has 1 heterocycles. The van der Waals surface area contributed by atoms with Crippen LogP contribution >= 0.6 is 0 Å². The minimum atomic E-state index is -0.364. The molecule has 5 nitrogen and oxygen atoms in total. The van der Waals surface area contributed by atoms with Crippen LogP contribution in [0.25, 0.3) is 0 Å². The summed E-state index contributed by atoms with van der Waals surface area (Å²) in [6.07, 6.45) is 6.18. The maximum absolute atomic E-state index is 11.7. The van der Waals surface area contributed by atoms with E-state index in [-0.39, 0.29) is 17.2 Å². The lowest BCUT2D eigenvalue weighted by atomic mass is 9.96. The van der Waals surface area contributed by atoms with Crippen molar-refractivity contribution in [1.82, 2.24) is 15.5 Å². The van der Waals surface area contributed by atoms with E-state index in [2.05, 4.69) is 15.5 Å². The molecular formula is C17H33N3O2. The molecule has 0 spiro atoms. The molecule has 0 radical (unpaired) electrons. The molecule has 0 aromatic rings. The van der Waals surface area contributed by atoms with Gasteiger partial charge in [0.2, 0.25) is 11.8 Å². The summed E-state index contributed by atoms with van der Waals surface area (Å²) in [5.74, 6) is 0.123.